The van der Waals surface area contributed by atoms with Crippen LogP contribution in [-0.2, 0) is 11.8 Å². The lowest BCUT2D eigenvalue weighted by Gasteiger charge is -2.11. The Labute approximate surface area is 214 Å². The van der Waals surface area contributed by atoms with Gasteiger partial charge >= 0.3 is 0 Å². The van der Waals surface area contributed by atoms with E-state index in [9.17, 15) is 9.18 Å². The van der Waals surface area contributed by atoms with Crippen LogP contribution in [-0.4, -0.2) is 43.6 Å². The lowest BCUT2D eigenvalue weighted by atomic mass is 10.1. The molecule has 0 aliphatic rings. The summed E-state index contributed by atoms with van der Waals surface area (Å²) in [6, 6.07) is 12.9. The van der Waals surface area contributed by atoms with E-state index in [4.69, 9.17) is 28.6 Å². The van der Waals surface area contributed by atoms with Gasteiger partial charge in [0.05, 0.1) is 18.4 Å². The molecule has 2 heterocycles. The van der Waals surface area contributed by atoms with Gasteiger partial charge in [0, 0.05) is 29.2 Å². The number of halogens is 2. The Kier molecular flexibility index (Phi) is 7.63. The molecule has 0 fully saturated rings. The number of hydrogen-bond acceptors (Lipinski definition) is 7. The molecule has 0 aliphatic carbocycles. The van der Waals surface area contributed by atoms with Gasteiger partial charge in [0.15, 0.2) is 16.1 Å². The molecule has 1 amide bonds. The molecule has 0 unspecified atom stereocenters. The second-order valence-corrected chi connectivity index (χ2v) is 8.95. The molecular weight excluding hydrogens is 513 g/mol. The highest BCUT2D eigenvalue weighted by Crippen LogP contribution is 2.30. The van der Waals surface area contributed by atoms with Crippen molar-refractivity contribution >= 4 is 63.2 Å². The summed E-state index contributed by atoms with van der Waals surface area (Å²) in [6.45, 7) is 0. The van der Waals surface area contributed by atoms with Crippen LogP contribution in [0.5, 0.6) is 5.75 Å². The van der Waals surface area contributed by atoms with Crippen molar-refractivity contribution in [2.75, 3.05) is 18.2 Å². The zero-order chi connectivity index (χ0) is 24.9. The maximum absolute atomic E-state index is 13.6. The van der Waals surface area contributed by atoms with E-state index >= 15 is 0 Å². The number of thiocarbonyl (C=S) groups is 1. The van der Waals surface area contributed by atoms with Gasteiger partial charge in [-0.05, 0) is 54.7 Å². The van der Waals surface area contributed by atoms with Crippen LogP contribution in [0.4, 0.5) is 10.1 Å². The van der Waals surface area contributed by atoms with Gasteiger partial charge in [-0.25, -0.2) is 9.37 Å². The summed E-state index contributed by atoms with van der Waals surface area (Å²) < 4.78 is 20.8. The fourth-order valence-electron chi connectivity index (χ4n) is 3.10. The maximum atomic E-state index is 13.6. The molecule has 13 heteroatoms. The lowest BCUT2D eigenvalue weighted by Crippen LogP contribution is -2.44. The monoisotopic (exact) mass is 531 g/mol. The summed E-state index contributed by atoms with van der Waals surface area (Å²) >= 11 is 12.2. The van der Waals surface area contributed by atoms with Crippen LogP contribution in [0.15, 0.2) is 53.7 Å². The highest BCUT2D eigenvalue weighted by Gasteiger charge is 2.17. The van der Waals surface area contributed by atoms with Crippen LogP contribution in [0.1, 0.15) is 0 Å². The SMILES string of the molecule is COc1cc(-c2nnc(SCC(=O)NNC(=S)Nc3ccc(Cl)cc3)n2C)nc2ccc(F)cc12. The number of aromatic nitrogens is 4. The number of methoxy groups -OCH3 is 1. The van der Waals surface area contributed by atoms with Crippen molar-refractivity contribution in [2.45, 2.75) is 5.16 Å². The minimum atomic E-state index is -0.378. The van der Waals surface area contributed by atoms with E-state index in [2.05, 4.69) is 31.3 Å². The van der Waals surface area contributed by atoms with Gasteiger partial charge in [-0.1, -0.05) is 23.4 Å². The van der Waals surface area contributed by atoms with E-state index in [-0.39, 0.29) is 22.6 Å². The zero-order valence-electron chi connectivity index (χ0n) is 18.5. The van der Waals surface area contributed by atoms with Gasteiger partial charge in [-0.2, -0.15) is 0 Å². The fourth-order valence-corrected chi connectivity index (χ4v) is 4.11. The van der Waals surface area contributed by atoms with Gasteiger partial charge < -0.3 is 14.6 Å². The molecule has 2 aromatic heterocycles. The highest BCUT2D eigenvalue weighted by molar-refractivity contribution is 7.99. The normalized spacial score (nSPS) is 10.7. The number of benzene rings is 2. The summed E-state index contributed by atoms with van der Waals surface area (Å²) in [6.07, 6.45) is 0. The number of pyridine rings is 1. The first-order valence-corrected chi connectivity index (χ1v) is 11.9. The number of rotatable bonds is 6. The highest BCUT2D eigenvalue weighted by atomic mass is 35.5. The van der Waals surface area contributed by atoms with E-state index in [1.54, 1.807) is 48.0 Å². The number of carbonyl (C=O) groups excluding carboxylic acids is 1. The lowest BCUT2D eigenvalue weighted by molar-refractivity contribution is -0.119. The zero-order valence-corrected chi connectivity index (χ0v) is 20.9. The van der Waals surface area contributed by atoms with E-state index in [1.165, 1.54) is 31.0 Å². The number of amides is 1. The molecule has 0 bridgehead atoms. The Morgan fingerprint density at radius 2 is 1.94 bits per heavy atom. The minimum absolute atomic E-state index is 0.0658. The van der Waals surface area contributed by atoms with Crippen molar-refractivity contribution < 1.29 is 13.9 Å². The molecule has 2 aromatic carbocycles. The first-order chi connectivity index (χ1) is 16.8. The molecule has 9 nitrogen and oxygen atoms in total. The number of thioether (sulfide) groups is 1. The number of hydrogen-bond donors (Lipinski definition) is 3. The van der Waals surface area contributed by atoms with Crippen LogP contribution < -0.4 is 20.9 Å². The third-order valence-electron chi connectivity index (χ3n) is 4.77. The van der Waals surface area contributed by atoms with Crippen LogP contribution >= 0.6 is 35.6 Å². The molecule has 0 saturated carbocycles. The number of nitrogens with zero attached hydrogens (tertiary/aromatic N) is 4. The standard InChI is InChI=1S/C22H19ClFN7O2S2/c1-31-20(17-10-18(33-2)15-9-13(24)5-8-16(15)26-17)28-30-22(31)35-11-19(32)27-29-21(34)25-14-6-3-12(23)4-7-14/h3-10H,11H2,1-2H3,(H,27,32)(H2,25,29,34). The van der Waals surface area contributed by atoms with Crippen molar-refractivity contribution in [3.63, 3.8) is 0 Å². The molecular formula is C22H19ClFN7O2S2. The van der Waals surface area contributed by atoms with E-state index in [1.807, 2.05) is 0 Å². The van der Waals surface area contributed by atoms with Gasteiger partial charge in [0.25, 0.3) is 0 Å². The molecule has 35 heavy (non-hydrogen) atoms. The van der Waals surface area contributed by atoms with Crippen molar-refractivity contribution in [1.29, 1.82) is 0 Å². The predicted molar refractivity (Wildman–Crippen MR) is 138 cm³/mol. The van der Waals surface area contributed by atoms with Gasteiger partial charge in [0.2, 0.25) is 5.91 Å². The second-order valence-electron chi connectivity index (χ2n) is 7.16. The van der Waals surface area contributed by atoms with Crippen LogP contribution in [0.3, 0.4) is 0 Å². The third-order valence-corrected chi connectivity index (χ3v) is 6.24. The van der Waals surface area contributed by atoms with Crippen molar-refractivity contribution in [2.24, 2.45) is 7.05 Å². The van der Waals surface area contributed by atoms with Gasteiger partial charge in [0.1, 0.15) is 17.3 Å². The summed E-state index contributed by atoms with van der Waals surface area (Å²) in [5.74, 6) is 0.319. The Hall–Kier alpha value is -3.48. The first kappa shape index (κ1) is 24.6. The van der Waals surface area contributed by atoms with Crippen molar-refractivity contribution in [3.05, 3.63) is 59.4 Å². The van der Waals surface area contributed by atoms with Gasteiger partial charge in [-0.15, -0.1) is 10.2 Å². The number of hydrazine groups is 1. The van der Waals surface area contributed by atoms with Crippen LogP contribution in [0, 0.1) is 5.82 Å². The molecule has 4 aromatic rings. The molecule has 0 radical (unpaired) electrons. The summed E-state index contributed by atoms with van der Waals surface area (Å²) in [5, 5.41) is 13.2. The summed E-state index contributed by atoms with van der Waals surface area (Å²) in [5.41, 5.74) is 6.96. The Morgan fingerprint density at radius 3 is 2.69 bits per heavy atom. The van der Waals surface area contributed by atoms with E-state index in [0.717, 1.165) is 5.69 Å². The number of carbonyl (C=O) groups is 1. The number of ether oxygens (including phenoxy) is 1. The largest absolute Gasteiger partial charge is 0.496 e. The minimum Gasteiger partial charge on any atom is -0.496 e. The van der Waals surface area contributed by atoms with Gasteiger partial charge in [-0.3, -0.25) is 15.6 Å². The number of fused-ring (bicyclic) bond motifs is 1. The Balaban J connectivity index is 1.37. The molecule has 0 spiro atoms. The molecule has 0 atom stereocenters. The number of anilines is 1. The molecule has 180 valence electrons. The maximum Gasteiger partial charge on any atom is 0.248 e. The summed E-state index contributed by atoms with van der Waals surface area (Å²) in [7, 11) is 3.27. The molecule has 4 rings (SSSR count). The Bertz CT molecular complexity index is 1400. The van der Waals surface area contributed by atoms with Crippen LogP contribution in [0.25, 0.3) is 22.4 Å². The third kappa shape index (κ3) is 5.96. The van der Waals surface area contributed by atoms with E-state index in [0.29, 0.717) is 38.3 Å². The predicted octanol–water partition coefficient (Wildman–Crippen LogP) is 3.94. The number of nitrogens with one attached hydrogen (secondary N) is 3. The summed E-state index contributed by atoms with van der Waals surface area (Å²) in [4.78, 5) is 16.8. The Morgan fingerprint density at radius 1 is 1.17 bits per heavy atom. The smallest absolute Gasteiger partial charge is 0.248 e. The van der Waals surface area contributed by atoms with Crippen LogP contribution in [0.2, 0.25) is 5.02 Å². The molecule has 3 N–H and O–H groups in total. The van der Waals surface area contributed by atoms with Crippen molar-refractivity contribution in [1.82, 2.24) is 30.6 Å². The first-order valence-electron chi connectivity index (χ1n) is 10.1. The fraction of sp³-hybridized carbons (Fsp3) is 0.136. The topological polar surface area (TPSA) is 106 Å². The van der Waals surface area contributed by atoms with E-state index < -0.39 is 0 Å². The average Bonchev–Trinajstić information content (AvgIpc) is 3.22. The quantitative estimate of drug-likeness (QED) is 0.194. The average molecular weight is 532 g/mol. The second kappa shape index (κ2) is 10.8. The molecule has 0 saturated heterocycles. The van der Waals surface area contributed by atoms with Crippen molar-refractivity contribution in [3.8, 4) is 17.3 Å². The molecule has 0 aliphatic heterocycles.